The van der Waals surface area contributed by atoms with Crippen molar-refractivity contribution in [2.45, 2.75) is 6.92 Å². The Hall–Kier alpha value is -3.77. The first kappa shape index (κ1) is 19.0. The Bertz CT molecular complexity index is 1000. The monoisotopic (exact) mass is 368 g/mol. The molecule has 0 aliphatic carbocycles. The van der Waals surface area contributed by atoms with Crippen LogP contribution in [0.1, 0.15) is 16.7 Å². The number of hydrogen-bond acceptors (Lipinski definition) is 3. The van der Waals surface area contributed by atoms with Gasteiger partial charge in [0.2, 0.25) is 6.79 Å². The molecule has 0 aromatic heterocycles. The van der Waals surface area contributed by atoms with E-state index in [9.17, 15) is 4.79 Å². The molecule has 3 aromatic carbocycles. The Morgan fingerprint density at radius 1 is 0.857 bits per heavy atom. The number of esters is 1. The highest BCUT2D eigenvalue weighted by atomic mass is 16.7. The highest BCUT2D eigenvalue weighted by Crippen LogP contribution is 2.22. The van der Waals surface area contributed by atoms with Gasteiger partial charge in [0.1, 0.15) is 5.75 Å². The van der Waals surface area contributed by atoms with E-state index in [1.54, 1.807) is 0 Å². The molecule has 0 saturated carbocycles. The fourth-order valence-corrected chi connectivity index (χ4v) is 2.49. The molecule has 3 aromatic rings. The van der Waals surface area contributed by atoms with Crippen LogP contribution < -0.4 is 4.74 Å². The Morgan fingerprint density at radius 3 is 1.89 bits per heavy atom. The van der Waals surface area contributed by atoms with E-state index < -0.39 is 5.97 Å². The van der Waals surface area contributed by atoms with Crippen LogP contribution in [0.3, 0.4) is 0 Å². The van der Waals surface area contributed by atoms with E-state index >= 15 is 0 Å². The first-order valence-corrected chi connectivity index (χ1v) is 8.85. The summed E-state index contributed by atoms with van der Waals surface area (Å²) in [5.41, 5.74) is 5.35. The van der Waals surface area contributed by atoms with Crippen LogP contribution in [0.2, 0.25) is 0 Å². The lowest BCUT2D eigenvalue weighted by molar-refractivity contribution is -0.144. The highest BCUT2D eigenvalue weighted by Gasteiger charge is 2.00. The third-order valence-corrected chi connectivity index (χ3v) is 4.07. The molecular weight excluding hydrogens is 348 g/mol. The van der Waals surface area contributed by atoms with Gasteiger partial charge in [-0.05, 0) is 54.4 Å². The summed E-state index contributed by atoms with van der Waals surface area (Å²) in [6.07, 6.45) is 1.10. The number of rotatable bonds is 5. The number of hydrogen-bond donors (Lipinski definition) is 0. The van der Waals surface area contributed by atoms with Gasteiger partial charge in [-0.2, -0.15) is 0 Å². The fraction of sp³-hybridized carbons (Fsp3) is 0.0800. The van der Waals surface area contributed by atoms with Gasteiger partial charge < -0.3 is 9.47 Å². The van der Waals surface area contributed by atoms with Crippen molar-refractivity contribution in [3.8, 4) is 28.7 Å². The molecule has 0 bridgehead atoms. The number of benzene rings is 3. The van der Waals surface area contributed by atoms with Crippen molar-refractivity contribution in [1.82, 2.24) is 0 Å². The molecule has 3 rings (SSSR count). The zero-order valence-corrected chi connectivity index (χ0v) is 15.6. The highest BCUT2D eigenvalue weighted by molar-refractivity contribution is 5.81. The third kappa shape index (κ3) is 5.36. The summed E-state index contributed by atoms with van der Waals surface area (Å²) in [5, 5.41) is 0. The van der Waals surface area contributed by atoms with E-state index in [-0.39, 0.29) is 6.79 Å². The first-order chi connectivity index (χ1) is 13.6. The molecule has 0 N–H and O–H groups in total. The zero-order valence-electron chi connectivity index (χ0n) is 15.6. The summed E-state index contributed by atoms with van der Waals surface area (Å²) in [5.74, 6) is 6.48. The van der Waals surface area contributed by atoms with Gasteiger partial charge in [-0.15, -0.1) is 0 Å². The maximum atomic E-state index is 11.0. The average molecular weight is 368 g/mol. The predicted molar refractivity (Wildman–Crippen MR) is 111 cm³/mol. The Kier molecular flexibility index (Phi) is 6.28. The van der Waals surface area contributed by atoms with Gasteiger partial charge in [-0.1, -0.05) is 60.4 Å². The summed E-state index contributed by atoms with van der Waals surface area (Å²) >= 11 is 0. The van der Waals surface area contributed by atoms with Crippen LogP contribution in [0.15, 0.2) is 85.5 Å². The van der Waals surface area contributed by atoms with Crippen molar-refractivity contribution in [1.29, 1.82) is 0 Å². The molecule has 0 spiro atoms. The van der Waals surface area contributed by atoms with Crippen LogP contribution in [-0.2, 0) is 9.53 Å². The lowest BCUT2D eigenvalue weighted by Gasteiger charge is -2.07. The van der Waals surface area contributed by atoms with Crippen molar-refractivity contribution in [2.24, 2.45) is 0 Å². The average Bonchev–Trinajstić information content (AvgIpc) is 2.74. The molecule has 3 heteroatoms. The number of aryl methyl sites for hydroxylation is 1. The van der Waals surface area contributed by atoms with E-state index in [2.05, 4.69) is 37.5 Å². The molecule has 0 atom stereocenters. The largest absolute Gasteiger partial charge is 0.457 e. The summed E-state index contributed by atoms with van der Waals surface area (Å²) in [6.45, 7) is 5.25. The second-order valence-electron chi connectivity index (χ2n) is 6.15. The quantitative estimate of drug-likeness (QED) is 0.271. The van der Waals surface area contributed by atoms with Crippen molar-refractivity contribution >= 4 is 5.97 Å². The Balaban J connectivity index is 1.62. The molecule has 0 aliphatic heterocycles. The number of carbonyl (C=O) groups is 1. The molecule has 0 heterocycles. The van der Waals surface area contributed by atoms with Crippen molar-refractivity contribution in [3.63, 3.8) is 0 Å². The van der Waals surface area contributed by atoms with Crippen LogP contribution >= 0.6 is 0 Å². The van der Waals surface area contributed by atoms with Gasteiger partial charge in [0.05, 0.1) is 0 Å². The van der Waals surface area contributed by atoms with E-state index in [4.69, 9.17) is 9.47 Å². The summed E-state index contributed by atoms with van der Waals surface area (Å²) in [6, 6.07) is 23.9. The fourth-order valence-electron chi connectivity index (χ4n) is 2.49. The molecule has 0 unspecified atom stereocenters. The number of carbonyl (C=O) groups excluding carboxylic acids is 1. The minimum atomic E-state index is -0.512. The van der Waals surface area contributed by atoms with E-state index in [1.807, 2.05) is 60.7 Å². The summed E-state index contributed by atoms with van der Waals surface area (Å²) < 4.78 is 10.2. The van der Waals surface area contributed by atoms with E-state index in [0.717, 1.165) is 28.3 Å². The van der Waals surface area contributed by atoms with Gasteiger partial charge in [-0.25, -0.2) is 4.79 Å². The maximum Gasteiger partial charge on any atom is 0.333 e. The lowest BCUT2D eigenvalue weighted by Crippen LogP contribution is -2.07. The van der Waals surface area contributed by atoms with Crippen molar-refractivity contribution in [2.75, 3.05) is 6.79 Å². The third-order valence-electron chi connectivity index (χ3n) is 4.07. The van der Waals surface area contributed by atoms with Gasteiger partial charge in [0, 0.05) is 17.2 Å². The zero-order chi connectivity index (χ0) is 19.8. The normalized spacial score (nSPS) is 9.75. The first-order valence-electron chi connectivity index (χ1n) is 8.85. The van der Waals surface area contributed by atoms with Crippen LogP contribution in [0.5, 0.6) is 5.75 Å². The van der Waals surface area contributed by atoms with Crippen LogP contribution in [0, 0.1) is 18.8 Å². The van der Waals surface area contributed by atoms with Crippen molar-refractivity contribution < 1.29 is 14.3 Å². The van der Waals surface area contributed by atoms with Gasteiger partial charge in [0.25, 0.3) is 0 Å². The molecule has 0 saturated heterocycles. The molecule has 0 fully saturated rings. The van der Waals surface area contributed by atoms with E-state index in [1.165, 1.54) is 5.56 Å². The number of ether oxygens (including phenoxy) is 2. The predicted octanol–water partition coefficient (Wildman–Crippen LogP) is 5.13. The molecule has 28 heavy (non-hydrogen) atoms. The topological polar surface area (TPSA) is 35.5 Å². The Labute approximate surface area is 165 Å². The lowest BCUT2D eigenvalue weighted by atomic mass is 10.0. The summed E-state index contributed by atoms with van der Waals surface area (Å²) in [4.78, 5) is 11.0. The van der Waals surface area contributed by atoms with Gasteiger partial charge in [-0.3, -0.25) is 0 Å². The minimum absolute atomic E-state index is 0.140. The second-order valence-corrected chi connectivity index (χ2v) is 6.15. The molecule has 0 radical (unpaired) electrons. The molecule has 0 amide bonds. The minimum Gasteiger partial charge on any atom is -0.457 e. The van der Waals surface area contributed by atoms with Crippen LogP contribution in [0.4, 0.5) is 0 Å². The van der Waals surface area contributed by atoms with Crippen molar-refractivity contribution in [3.05, 3.63) is 102 Å². The Morgan fingerprint density at radius 2 is 1.36 bits per heavy atom. The van der Waals surface area contributed by atoms with Gasteiger partial charge in [0.15, 0.2) is 0 Å². The smallest absolute Gasteiger partial charge is 0.333 e. The summed E-state index contributed by atoms with van der Waals surface area (Å²) in [7, 11) is 0. The molecule has 138 valence electrons. The SMILES string of the molecule is C=CC(=O)OCOc1ccc(-c2ccc(C#Cc3ccc(C)cc3)cc2)cc1. The van der Waals surface area contributed by atoms with E-state index in [0.29, 0.717) is 5.75 Å². The maximum absolute atomic E-state index is 11.0. The second kappa shape index (κ2) is 9.25. The standard InChI is InChI=1S/C25H20O3/c1-3-25(26)28-18-27-24-16-14-23(15-17-24)22-12-10-21(11-13-22)9-8-20-6-4-19(2)5-7-20/h3-7,10-17H,1,18H2,2H3. The van der Waals surface area contributed by atoms with Gasteiger partial charge >= 0.3 is 5.97 Å². The van der Waals surface area contributed by atoms with Crippen LogP contribution in [-0.4, -0.2) is 12.8 Å². The molecular formula is C25H20O3. The van der Waals surface area contributed by atoms with Crippen LogP contribution in [0.25, 0.3) is 11.1 Å². The molecule has 3 nitrogen and oxygen atoms in total. The molecule has 0 aliphatic rings.